The Morgan fingerprint density at radius 3 is 2.38 bits per heavy atom. The van der Waals surface area contributed by atoms with E-state index in [2.05, 4.69) is 5.32 Å². The van der Waals surface area contributed by atoms with Crippen LogP contribution in [0.4, 0.5) is 5.69 Å². The molecule has 0 spiro atoms. The maximum Gasteiger partial charge on any atom is 0.257 e. The number of hydrogen-bond acceptors (Lipinski definition) is 2. The number of carbonyl (C=O) groups is 1. The highest BCUT2D eigenvalue weighted by Gasteiger charge is 2.10. The summed E-state index contributed by atoms with van der Waals surface area (Å²) in [6.07, 6.45) is 0.122. The van der Waals surface area contributed by atoms with Crippen molar-refractivity contribution in [1.29, 1.82) is 0 Å². The number of halogens is 1. The van der Waals surface area contributed by atoms with Crippen molar-refractivity contribution in [3.05, 3.63) is 58.6 Å². The van der Waals surface area contributed by atoms with E-state index in [1.54, 1.807) is 24.3 Å². The normalized spacial score (nSPS) is 10.5. The summed E-state index contributed by atoms with van der Waals surface area (Å²) in [5, 5.41) is 3.27. The third-order valence-electron chi connectivity index (χ3n) is 2.85. The van der Waals surface area contributed by atoms with Gasteiger partial charge in [0.15, 0.2) is 0 Å². The number of hydrogen-bond donors (Lipinski definition) is 1. The molecular weight excluding hydrogens is 286 g/mol. The second-order valence-electron chi connectivity index (χ2n) is 5.13. The summed E-state index contributed by atoms with van der Waals surface area (Å²) in [4.78, 5) is 12.2. The Bertz CT molecular complexity index is 636. The van der Waals surface area contributed by atoms with Crippen molar-refractivity contribution in [1.82, 2.24) is 0 Å². The zero-order valence-corrected chi connectivity index (χ0v) is 13.1. The average Bonchev–Trinajstić information content (AvgIpc) is 2.40. The first-order chi connectivity index (χ1) is 9.95. The van der Waals surface area contributed by atoms with Crippen LogP contribution in [0.15, 0.2) is 42.5 Å². The van der Waals surface area contributed by atoms with E-state index in [0.717, 1.165) is 11.3 Å². The van der Waals surface area contributed by atoms with Crippen molar-refractivity contribution in [3.8, 4) is 5.75 Å². The monoisotopic (exact) mass is 303 g/mol. The van der Waals surface area contributed by atoms with Gasteiger partial charge in [-0.25, -0.2) is 0 Å². The van der Waals surface area contributed by atoms with Crippen molar-refractivity contribution >= 4 is 23.2 Å². The second kappa shape index (κ2) is 6.64. The van der Waals surface area contributed by atoms with Gasteiger partial charge < -0.3 is 10.1 Å². The van der Waals surface area contributed by atoms with Crippen molar-refractivity contribution in [3.63, 3.8) is 0 Å². The van der Waals surface area contributed by atoms with Gasteiger partial charge in [0.05, 0.1) is 16.7 Å². The largest absolute Gasteiger partial charge is 0.491 e. The van der Waals surface area contributed by atoms with Crippen LogP contribution in [0.2, 0.25) is 5.02 Å². The van der Waals surface area contributed by atoms with Gasteiger partial charge in [0.2, 0.25) is 0 Å². The quantitative estimate of drug-likeness (QED) is 0.890. The zero-order chi connectivity index (χ0) is 15.4. The molecule has 21 heavy (non-hydrogen) atoms. The maximum atomic E-state index is 12.2. The molecule has 1 amide bonds. The van der Waals surface area contributed by atoms with Gasteiger partial charge in [-0.15, -0.1) is 0 Å². The molecule has 0 radical (unpaired) electrons. The molecular formula is C17H18ClNO2. The smallest absolute Gasteiger partial charge is 0.257 e. The van der Waals surface area contributed by atoms with E-state index in [0.29, 0.717) is 16.3 Å². The molecule has 0 aliphatic carbocycles. The Morgan fingerprint density at radius 2 is 1.81 bits per heavy atom. The van der Waals surface area contributed by atoms with Gasteiger partial charge in [0.1, 0.15) is 5.75 Å². The lowest BCUT2D eigenvalue weighted by molar-refractivity contribution is 0.102. The maximum absolute atomic E-state index is 12.2. The highest BCUT2D eigenvalue weighted by atomic mass is 35.5. The Balaban J connectivity index is 2.08. The molecule has 0 heterocycles. The molecule has 0 atom stereocenters. The van der Waals surface area contributed by atoms with Crippen molar-refractivity contribution in [2.45, 2.75) is 26.9 Å². The van der Waals surface area contributed by atoms with Crippen LogP contribution in [0.3, 0.4) is 0 Å². The minimum atomic E-state index is -0.225. The highest BCUT2D eigenvalue weighted by Crippen LogP contribution is 2.21. The molecule has 3 nitrogen and oxygen atoms in total. The summed E-state index contributed by atoms with van der Waals surface area (Å²) in [5.74, 6) is 0.550. The van der Waals surface area contributed by atoms with Crippen LogP contribution < -0.4 is 10.1 Å². The molecule has 0 bridgehead atoms. The van der Waals surface area contributed by atoms with Gasteiger partial charge in [0, 0.05) is 5.69 Å². The third-order valence-corrected chi connectivity index (χ3v) is 3.17. The fraction of sp³-hybridized carbons (Fsp3) is 0.235. The lowest BCUT2D eigenvalue weighted by Gasteiger charge is -2.11. The van der Waals surface area contributed by atoms with Crippen molar-refractivity contribution in [2.24, 2.45) is 0 Å². The zero-order valence-electron chi connectivity index (χ0n) is 12.3. The van der Waals surface area contributed by atoms with Gasteiger partial charge >= 0.3 is 0 Å². The van der Waals surface area contributed by atoms with E-state index >= 15 is 0 Å². The predicted molar refractivity (Wildman–Crippen MR) is 86.3 cm³/mol. The number of amides is 1. The van der Waals surface area contributed by atoms with Crippen LogP contribution in [0.5, 0.6) is 5.75 Å². The summed E-state index contributed by atoms with van der Waals surface area (Å²) in [6.45, 7) is 5.87. The molecule has 1 N–H and O–H groups in total. The summed E-state index contributed by atoms with van der Waals surface area (Å²) < 4.78 is 5.56. The first kappa shape index (κ1) is 15.4. The second-order valence-corrected chi connectivity index (χ2v) is 5.54. The molecule has 2 aromatic rings. The number of benzene rings is 2. The van der Waals surface area contributed by atoms with Gasteiger partial charge in [-0.05, 0) is 62.7 Å². The van der Waals surface area contributed by atoms with E-state index in [-0.39, 0.29) is 12.0 Å². The predicted octanol–water partition coefficient (Wildman–Crippen LogP) is 4.69. The number of anilines is 1. The van der Waals surface area contributed by atoms with Gasteiger partial charge in [-0.2, -0.15) is 0 Å². The average molecular weight is 304 g/mol. The first-order valence-electron chi connectivity index (χ1n) is 6.80. The molecule has 0 fully saturated rings. The van der Waals surface area contributed by atoms with Crippen LogP contribution in [-0.2, 0) is 0 Å². The van der Waals surface area contributed by atoms with Crippen molar-refractivity contribution in [2.75, 3.05) is 5.32 Å². The Kier molecular flexibility index (Phi) is 4.86. The molecule has 4 heteroatoms. The Hall–Kier alpha value is -2.00. The number of ether oxygens (including phenoxy) is 1. The SMILES string of the molecule is Cc1ccc(C(=O)Nc2ccc(OC(C)C)cc2)c(Cl)c1. The summed E-state index contributed by atoms with van der Waals surface area (Å²) in [7, 11) is 0. The number of nitrogens with one attached hydrogen (secondary N) is 1. The van der Waals surface area contributed by atoms with Crippen LogP contribution in [0.25, 0.3) is 0 Å². The highest BCUT2D eigenvalue weighted by molar-refractivity contribution is 6.34. The molecule has 2 rings (SSSR count). The van der Waals surface area contributed by atoms with E-state index < -0.39 is 0 Å². The van der Waals surface area contributed by atoms with E-state index in [4.69, 9.17) is 16.3 Å². The molecule has 110 valence electrons. The molecule has 2 aromatic carbocycles. The van der Waals surface area contributed by atoms with Crippen LogP contribution in [0.1, 0.15) is 29.8 Å². The molecule has 0 unspecified atom stereocenters. The van der Waals surface area contributed by atoms with E-state index in [9.17, 15) is 4.79 Å². The van der Waals surface area contributed by atoms with Crippen LogP contribution >= 0.6 is 11.6 Å². The standard InChI is InChI=1S/C17H18ClNO2/c1-11(2)21-14-7-5-13(6-8-14)19-17(20)15-9-4-12(3)10-16(15)18/h4-11H,1-3H3,(H,19,20). The first-order valence-corrected chi connectivity index (χ1v) is 7.17. The molecule has 0 saturated carbocycles. The van der Waals surface area contributed by atoms with Gasteiger partial charge in [-0.3, -0.25) is 4.79 Å². The topological polar surface area (TPSA) is 38.3 Å². The van der Waals surface area contributed by atoms with Crippen LogP contribution in [-0.4, -0.2) is 12.0 Å². The minimum Gasteiger partial charge on any atom is -0.491 e. The lowest BCUT2D eigenvalue weighted by atomic mass is 10.1. The molecule has 0 saturated heterocycles. The summed E-state index contributed by atoms with van der Waals surface area (Å²) in [6, 6.07) is 12.6. The molecule has 0 aromatic heterocycles. The van der Waals surface area contributed by atoms with E-state index in [1.807, 2.05) is 39.0 Å². The molecule has 0 aliphatic rings. The number of rotatable bonds is 4. The van der Waals surface area contributed by atoms with Gasteiger partial charge in [0.25, 0.3) is 5.91 Å². The molecule has 0 aliphatic heterocycles. The van der Waals surface area contributed by atoms with E-state index in [1.165, 1.54) is 0 Å². The fourth-order valence-corrected chi connectivity index (χ4v) is 2.21. The minimum absolute atomic E-state index is 0.122. The fourth-order valence-electron chi connectivity index (χ4n) is 1.89. The Labute approximate surface area is 129 Å². The van der Waals surface area contributed by atoms with Crippen molar-refractivity contribution < 1.29 is 9.53 Å². The summed E-state index contributed by atoms with van der Waals surface area (Å²) >= 11 is 6.09. The van der Waals surface area contributed by atoms with Gasteiger partial charge in [-0.1, -0.05) is 17.7 Å². The lowest BCUT2D eigenvalue weighted by Crippen LogP contribution is -2.12. The van der Waals surface area contributed by atoms with Crippen LogP contribution in [0, 0.1) is 6.92 Å². The number of aryl methyl sites for hydroxylation is 1. The third kappa shape index (κ3) is 4.23. The Morgan fingerprint density at radius 1 is 1.14 bits per heavy atom. The number of carbonyl (C=O) groups excluding carboxylic acids is 1. The summed E-state index contributed by atoms with van der Waals surface area (Å²) in [5.41, 5.74) is 2.18.